The summed E-state index contributed by atoms with van der Waals surface area (Å²) in [6.07, 6.45) is 0.800. The van der Waals surface area contributed by atoms with Gasteiger partial charge in [-0.25, -0.2) is 13.9 Å². The third-order valence-corrected chi connectivity index (χ3v) is 2.90. The number of carbonyl (C=O) groups excluding carboxylic acids is 1. The van der Waals surface area contributed by atoms with Gasteiger partial charge in [-0.3, -0.25) is 10.0 Å². The Labute approximate surface area is 87.6 Å². The summed E-state index contributed by atoms with van der Waals surface area (Å²) >= 11 is 0. The van der Waals surface area contributed by atoms with Crippen molar-refractivity contribution in [2.24, 2.45) is 0 Å². The number of hydroxylamine groups is 1. The number of nitrogens with one attached hydrogen (secondary N) is 1. The summed E-state index contributed by atoms with van der Waals surface area (Å²) in [6.45, 7) is 2.13. The van der Waals surface area contributed by atoms with E-state index in [-0.39, 0.29) is 0 Å². The molecular weight excluding hydrogens is 226 g/mol. The topological polar surface area (TPSA) is 124 Å². The van der Waals surface area contributed by atoms with Gasteiger partial charge in [0.05, 0.1) is 11.4 Å². The lowest BCUT2D eigenvalue weighted by atomic mass is 9.87. The van der Waals surface area contributed by atoms with Gasteiger partial charge in [-0.2, -0.15) is 0 Å². The van der Waals surface area contributed by atoms with Gasteiger partial charge in [-0.15, -0.1) is 0 Å². The second kappa shape index (κ2) is 4.05. The lowest BCUT2D eigenvalue weighted by molar-refractivity contribution is -0.170. The van der Waals surface area contributed by atoms with Gasteiger partial charge in [-0.1, -0.05) is 0 Å². The van der Waals surface area contributed by atoms with Gasteiger partial charge in [0.1, 0.15) is 0 Å². The minimum absolute atomic E-state index is 0.800. The predicted molar refractivity (Wildman–Crippen MR) is 50.9 cm³/mol. The van der Waals surface area contributed by atoms with Gasteiger partial charge < -0.3 is 10.2 Å². The minimum atomic E-state index is -3.70. The standard InChI is InChI=1S/C7H15NO6S/c1-6(2,10)7(11,5(9)8-12)4-15(3,13)14/h10-12H,4H2,1-3H3,(H,8,9). The molecule has 90 valence electrons. The largest absolute Gasteiger partial charge is 0.387 e. The van der Waals surface area contributed by atoms with E-state index in [2.05, 4.69) is 0 Å². The number of rotatable bonds is 4. The van der Waals surface area contributed by atoms with E-state index in [1.807, 2.05) is 0 Å². The molecule has 0 fully saturated rings. The normalized spacial score (nSPS) is 16.9. The third kappa shape index (κ3) is 3.42. The van der Waals surface area contributed by atoms with Crippen LogP contribution in [0.25, 0.3) is 0 Å². The average Bonchev–Trinajstić information content (AvgIpc) is 1.97. The first-order chi connectivity index (χ1) is 6.44. The highest BCUT2D eigenvalue weighted by Gasteiger charge is 2.51. The summed E-state index contributed by atoms with van der Waals surface area (Å²) in [7, 11) is -3.70. The summed E-state index contributed by atoms with van der Waals surface area (Å²) in [5.74, 6) is -2.36. The number of carbonyl (C=O) groups is 1. The molecule has 0 spiro atoms. The average molecular weight is 241 g/mol. The Morgan fingerprint density at radius 3 is 1.93 bits per heavy atom. The quantitative estimate of drug-likeness (QED) is 0.334. The molecule has 0 aromatic carbocycles. The van der Waals surface area contributed by atoms with Crippen LogP contribution in [0.4, 0.5) is 0 Å². The molecule has 1 atom stereocenters. The highest BCUT2D eigenvalue weighted by molar-refractivity contribution is 7.90. The van der Waals surface area contributed by atoms with Crippen LogP contribution < -0.4 is 5.48 Å². The van der Waals surface area contributed by atoms with E-state index in [1.165, 1.54) is 0 Å². The molecule has 0 heterocycles. The molecule has 0 aliphatic carbocycles. The van der Waals surface area contributed by atoms with Crippen molar-refractivity contribution < 1.29 is 28.6 Å². The molecule has 8 heteroatoms. The molecule has 7 nitrogen and oxygen atoms in total. The van der Waals surface area contributed by atoms with E-state index in [4.69, 9.17) is 5.21 Å². The molecule has 0 aliphatic heterocycles. The molecule has 15 heavy (non-hydrogen) atoms. The molecule has 0 rings (SSSR count). The molecular formula is C7H15NO6S. The van der Waals surface area contributed by atoms with Crippen molar-refractivity contribution in [3.63, 3.8) is 0 Å². The van der Waals surface area contributed by atoms with Gasteiger partial charge in [0.2, 0.25) is 0 Å². The Balaban J connectivity index is 5.33. The Kier molecular flexibility index (Phi) is 3.86. The van der Waals surface area contributed by atoms with Crippen molar-refractivity contribution in [3.8, 4) is 0 Å². The molecule has 0 saturated carbocycles. The number of aliphatic hydroxyl groups is 2. The van der Waals surface area contributed by atoms with Crippen LogP contribution >= 0.6 is 0 Å². The SMILES string of the molecule is CC(C)(O)C(O)(CS(C)(=O)=O)C(=O)NO. The van der Waals surface area contributed by atoms with Crippen molar-refractivity contribution in [3.05, 3.63) is 0 Å². The second-order valence-electron chi connectivity index (χ2n) is 3.93. The molecule has 1 amide bonds. The molecule has 0 radical (unpaired) electrons. The van der Waals surface area contributed by atoms with Gasteiger partial charge in [0, 0.05) is 6.26 Å². The maximum absolute atomic E-state index is 11.1. The van der Waals surface area contributed by atoms with E-state index < -0.39 is 32.7 Å². The summed E-state index contributed by atoms with van der Waals surface area (Å²) in [5, 5.41) is 27.6. The van der Waals surface area contributed by atoms with Gasteiger partial charge in [0.25, 0.3) is 5.91 Å². The molecule has 0 bridgehead atoms. The highest BCUT2D eigenvalue weighted by atomic mass is 32.2. The van der Waals surface area contributed by atoms with Crippen LogP contribution in [0.3, 0.4) is 0 Å². The van der Waals surface area contributed by atoms with E-state index in [0.717, 1.165) is 25.6 Å². The zero-order valence-electron chi connectivity index (χ0n) is 8.68. The molecule has 0 aliphatic rings. The van der Waals surface area contributed by atoms with Crippen LogP contribution in [-0.2, 0) is 14.6 Å². The monoisotopic (exact) mass is 241 g/mol. The number of hydrogen-bond donors (Lipinski definition) is 4. The van der Waals surface area contributed by atoms with Crippen molar-refractivity contribution in [1.82, 2.24) is 5.48 Å². The maximum atomic E-state index is 11.1. The van der Waals surface area contributed by atoms with E-state index in [1.54, 1.807) is 0 Å². The Bertz CT molecular complexity index is 343. The summed E-state index contributed by atoms with van der Waals surface area (Å²) < 4.78 is 22.0. The van der Waals surface area contributed by atoms with Gasteiger partial charge >= 0.3 is 0 Å². The third-order valence-electron chi connectivity index (χ3n) is 1.96. The van der Waals surface area contributed by atoms with Gasteiger partial charge in [0.15, 0.2) is 15.4 Å². The van der Waals surface area contributed by atoms with Crippen LogP contribution in [0.1, 0.15) is 13.8 Å². The zero-order chi connectivity index (χ0) is 12.5. The van der Waals surface area contributed by atoms with E-state index in [0.29, 0.717) is 0 Å². The first kappa shape index (κ1) is 14.3. The summed E-state index contributed by atoms with van der Waals surface area (Å²) in [6, 6.07) is 0. The van der Waals surface area contributed by atoms with Crippen LogP contribution in [-0.4, -0.2) is 53.0 Å². The number of hydrogen-bond acceptors (Lipinski definition) is 6. The van der Waals surface area contributed by atoms with Crippen molar-refractivity contribution in [2.45, 2.75) is 25.0 Å². The number of amides is 1. The van der Waals surface area contributed by atoms with Crippen molar-refractivity contribution in [1.29, 1.82) is 0 Å². The molecule has 1 unspecified atom stereocenters. The Morgan fingerprint density at radius 1 is 1.33 bits per heavy atom. The van der Waals surface area contributed by atoms with E-state index >= 15 is 0 Å². The molecule has 0 aromatic heterocycles. The summed E-state index contributed by atoms with van der Waals surface area (Å²) in [5.41, 5.74) is -3.49. The Hall–Kier alpha value is -0.700. The smallest absolute Gasteiger partial charge is 0.279 e. The van der Waals surface area contributed by atoms with Crippen LogP contribution in [0, 0.1) is 0 Å². The Morgan fingerprint density at radius 2 is 1.73 bits per heavy atom. The molecule has 0 saturated heterocycles. The van der Waals surface area contributed by atoms with Crippen LogP contribution in [0.15, 0.2) is 0 Å². The molecule has 0 aromatic rings. The fourth-order valence-corrected chi connectivity index (χ4v) is 2.24. The predicted octanol–water partition coefficient (Wildman–Crippen LogP) is -1.96. The number of sulfone groups is 1. The highest BCUT2D eigenvalue weighted by Crippen LogP contribution is 2.23. The first-order valence-corrected chi connectivity index (χ1v) is 6.07. The fourth-order valence-electron chi connectivity index (χ4n) is 0.992. The lowest BCUT2D eigenvalue weighted by Crippen LogP contribution is -2.63. The maximum Gasteiger partial charge on any atom is 0.279 e. The van der Waals surface area contributed by atoms with Crippen LogP contribution in [0.5, 0.6) is 0 Å². The first-order valence-electron chi connectivity index (χ1n) is 4.01. The molecule has 4 N–H and O–H groups in total. The summed E-state index contributed by atoms with van der Waals surface area (Å²) in [4.78, 5) is 11.1. The fraction of sp³-hybridized carbons (Fsp3) is 0.857. The van der Waals surface area contributed by atoms with Gasteiger partial charge in [-0.05, 0) is 13.8 Å². The second-order valence-corrected chi connectivity index (χ2v) is 6.07. The van der Waals surface area contributed by atoms with Crippen molar-refractivity contribution >= 4 is 15.7 Å². The van der Waals surface area contributed by atoms with E-state index in [9.17, 15) is 23.4 Å². The zero-order valence-corrected chi connectivity index (χ0v) is 9.50. The van der Waals surface area contributed by atoms with Crippen molar-refractivity contribution in [2.75, 3.05) is 12.0 Å². The minimum Gasteiger partial charge on any atom is -0.387 e. The van der Waals surface area contributed by atoms with Crippen LogP contribution in [0.2, 0.25) is 0 Å². The lowest BCUT2D eigenvalue weighted by Gasteiger charge is -2.35.